The van der Waals surface area contributed by atoms with E-state index >= 15 is 0 Å². The second-order valence-corrected chi connectivity index (χ2v) is 9.91. The predicted molar refractivity (Wildman–Crippen MR) is 121 cm³/mol. The molecule has 1 aliphatic heterocycles. The van der Waals surface area contributed by atoms with Crippen molar-refractivity contribution in [3.8, 4) is 5.75 Å². The lowest BCUT2D eigenvalue weighted by Crippen LogP contribution is -2.68. The fraction of sp³-hybridized carbons (Fsp3) is 0.400. The summed E-state index contributed by atoms with van der Waals surface area (Å²) in [6.45, 7) is 2.80. The van der Waals surface area contributed by atoms with Crippen molar-refractivity contribution in [2.75, 3.05) is 18.5 Å². The summed E-state index contributed by atoms with van der Waals surface area (Å²) in [6, 6.07) is 7.88. The van der Waals surface area contributed by atoms with Crippen molar-refractivity contribution in [3.63, 3.8) is 0 Å². The van der Waals surface area contributed by atoms with Crippen molar-refractivity contribution in [1.82, 2.24) is 4.98 Å². The minimum atomic E-state index is -5.17. The number of alkyl halides is 3. The Morgan fingerprint density at radius 3 is 2.57 bits per heavy atom. The van der Waals surface area contributed by atoms with Crippen LogP contribution in [0, 0.1) is 5.82 Å². The molecule has 0 spiro atoms. The largest absolute Gasteiger partial charge is 0.493 e. The molecule has 5 rings (SSSR count). The Morgan fingerprint density at radius 1 is 1.11 bits per heavy atom. The summed E-state index contributed by atoms with van der Waals surface area (Å²) in [5.41, 5.74) is -6.78. The molecule has 2 unspecified atom stereocenters. The summed E-state index contributed by atoms with van der Waals surface area (Å²) in [5, 5.41) is 25.9. The molecule has 10 heteroatoms. The molecule has 2 atom stereocenters. The molecular formula is C25H24F4N2O4. The van der Waals surface area contributed by atoms with Crippen LogP contribution >= 0.6 is 0 Å². The highest BCUT2D eigenvalue weighted by molar-refractivity contribution is 5.91. The van der Waals surface area contributed by atoms with Gasteiger partial charge in [0, 0.05) is 29.1 Å². The first-order valence-corrected chi connectivity index (χ1v) is 11.1. The number of pyridine rings is 1. The van der Waals surface area contributed by atoms with Crippen molar-refractivity contribution in [2.45, 2.75) is 49.5 Å². The van der Waals surface area contributed by atoms with E-state index in [1.54, 1.807) is 19.9 Å². The second-order valence-electron chi connectivity index (χ2n) is 9.91. The molecule has 0 bridgehead atoms. The molecule has 2 heterocycles. The zero-order chi connectivity index (χ0) is 25.4. The van der Waals surface area contributed by atoms with Crippen LogP contribution in [0.2, 0.25) is 0 Å². The number of anilines is 1. The number of aliphatic hydroxyl groups is 2. The minimum absolute atomic E-state index is 0.0819. The number of aromatic amines is 1. The van der Waals surface area contributed by atoms with Crippen LogP contribution in [0.1, 0.15) is 37.0 Å². The fourth-order valence-corrected chi connectivity index (χ4v) is 5.53. The number of ether oxygens (including phenoxy) is 1. The van der Waals surface area contributed by atoms with Gasteiger partial charge in [-0.15, -0.1) is 0 Å². The molecule has 2 aromatic carbocycles. The molecule has 1 aromatic heterocycles. The van der Waals surface area contributed by atoms with Crippen LogP contribution in [-0.2, 0) is 17.4 Å². The van der Waals surface area contributed by atoms with Crippen LogP contribution in [0.3, 0.4) is 0 Å². The minimum Gasteiger partial charge on any atom is -0.493 e. The van der Waals surface area contributed by atoms with Gasteiger partial charge in [0.05, 0.1) is 18.7 Å². The third kappa shape index (κ3) is 3.34. The third-order valence-electron chi connectivity index (χ3n) is 7.21. The molecule has 0 saturated carbocycles. The zero-order valence-electron chi connectivity index (χ0n) is 19.0. The summed E-state index contributed by atoms with van der Waals surface area (Å²) < 4.78 is 63.4. The first kappa shape index (κ1) is 23.6. The van der Waals surface area contributed by atoms with Crippen molar-refractivity contribution < 1.29 is 32.5 Å². The first-order chi connectivity index (χ1) is 16.3. The van der Waals surface area contributed by atoms with Gasteiger partial charge in [0.25, 0.3) is 0 Å². The number of benzene rings is 2. The highest BCUT2D eigenvalue weighted by Gasteiger charge is 2.71. The van der Waals surface area contributed by atoms with Gasteiger partial charge in [0.1, 0.15) is 17.2 Å². The van der Waals surface area contributed by atoms with E-state index in [-0.39, 0.29) is 22.2 Å². The molecular weight excluding hydrogens is 468 g/mol. The molecule has 0 saturated heterocycles. The maximum absolute atomic E-state index is 14.5. The molecule has 3 aromatic rings. The summed E-state index contributed by atoms with van der Waals surface area (Å²) in [7, 11) is 0. The lowest BCUT2D eigenvalue weighted by Gasteiger charge is -2.53. The molecule has 2 aliphatic rings. The molecule has 186 valence electrons. The van der Waals surface area contributed by atoms with Crippen LogP contribution in [0.4, 0.5) is 23.2 Å². The topological polar surface area (TPSA) is 94.6 Å². The Balaban J connectivity index is 1.67. The summed E-state index contributed by atoms with van der Waals surface area (Å²) in [6.07, 6.45) is -5.38. The maximum atomic E-state index is 14.5. The van der Waals surface area contributed by atoms with Gasteiger partial charge in [-0.25, -0.2) is 4.39 Å². The number of rotatable bonds is 3. The lowest BCUT2D eigenvalue weighted by molar-refractivity contribution is -0.330. The summed E-state index contributed by atoms with van der Waals surface area (Å²) in [4.78, 5) is 14.0. The maximum Gasteiger partial charge on any atom is 0.420 e. The molecule has 0 amide bonds. The quantitative estimate of drug-likeness (QED) is 0.417. The average Bonchev–Trinajstić information content (AvgIpc) is 3.25. The van der Waals surface area contributed by atoms with Gasteiger partial charge in [0.2, 0.25) is 5.56 Å². The standard InChI is InChI=1S/C25H24F4N2O4/c1-22(2)11-24(34,25(27,28)29)23(33,15-5-3-13-9-10-35-21(13)19(15)22)12-30-17-7-6-16(26)20-14(17)4-8-18(32)31-20/h3-8,30,33-34H,9-12H2,1-2H3,(H,31,32). The molecule has 35 heavy (non-hydrogen) atoms. The van der Waals surface area contributed by atoms with Crippen LogP contribution in [0.25, 0.3) is 10.9 Å². The number of aromatic nitrogens is 1. The Labute approximate surface area is 197 Å². The lowest BCUT2D eigenvalue weighted by atomic mass is 9.58. The molecule has 0 fully saturated rings. The Morgan fingerprint density at radius 2 is 1.86 bits per heavy atom. The predicted octanol–water partition coefficient (Wildman–Crippen LogP) is 3.88. The number of hydrogen-bond donors (Lipinski definition) is 4. The fourth-order valence-electron chi connectivity index (χ4n) is 5.53. The number of hydrogen-bond acceptors (Lipinski definition) is 5. The Bertz CT molecular complexity index is 1400. The highest BCUT2D eigenvalue weighted by Crippen LogP contribution is 2.59. The highest BCUT2D eigenvalue weighted by atomic mass is 19.4. The number of H-pyrrole nitrogens is 1. The van der Waals surface area contributed by atoms with Gasteiger partial charge < -0.3 is 25.3 Å². The van der Waals surface area contributed by atoms with E-state index in [4.69, 9.17) is 4.74 Å². The number of halogens is 4. The van der Waals surface area contributed by atoms with Crippen LogP contribution in [0.5, 0.6) is 5.75 Å². The van der Waals surface area contributed by atoms with Crippen molar-refractivity contribution in [1.29, 1.82) is 0 Å². The summed E-state index contributed by atoms with van der Waals surface area (Å²) in [5.74, 6) is -0.272. The average molecular weight is 492 g/mol. The smallest absolute Gasteiger partial charge is 0.420 e. The second kappa shape index (κ2) is 7.44. The SMILES string of the molecule is CC1(C)CC(O)(C(F)(F)F)C(O)(CNc2ccc(F)c3[nH]c(=O)ccc23)c2ccc3c(c21)OCC3. The monoisotopic (exact) mass is 492 g/mol. The third-order valence-corrected chi connectivity index (χ3v) is 7.21. The Hall–Kier alpha value is -3.11. The molecule has 6 nitrogen and oxygen atoms in total. The van der Waals surface area contributed by atoms with Crippen molar-refractivity contribution in [2.24, 2.45) is 0 Å². The number of fused-ring (bicyclic) bond motifs is 4. The van der Waals surface area contributed by atoms with Gasteiger partial charge in [-0.3, -0.25) is 4.79 Å². The Kier molecular flexibility index (Phi) is 5.02. The van der Waals surface area contributed by atoms with E-state index in [1.807, 2.05) is 0 Å². The molecule has 0 radical (unpaired) electrons. The van der Waals surface area contributed by atoms with E-state index in [9.17, 15) is 32.6 Å². The number of nitrogens with one attached hydrogen (secondary N) is 2. The van der Waals surface area contributed by atoms with Gasteiger partial charge in [-0.1, -0.05) is 26.0 Å². The molecule has 4 N–H and O–H groups in total. The van der Waals surface area contributed by atoms with Gasteiger partial charge in [-0.2, -0.15) is 13.2 Å². The normalized spacial score (nSPS) is 25.1. The van der Waals surface area contributed by atoms with E-state index in [0.29, 0.717) is 24.3 Å². The molecule has 1 aliphatic carbocycles. The van der Waals surface area contributed by atoms with Gasteiger partial charge >= 0.3 is 6.18 Å². The van der Waals surface area contributed by atoms with Crippen LogP contribution in [0.15, 0.2) is 41.2 Å². The van der Waals surface area contributed by atoms with Crippen molar-refractivity contribution in [3.05, 3.63) is 69.3 Å². The van der Waals surface area contributed by atoms with Crippen LogP contribution in [-0.4, -0.2) is 40.1 Å². The summed E-state index contributed by atoms with van der Waals surface area (Å²) >= 11 is 0. The van der Waals surface area contributed by atoms with Crippen molar-refractivity contribution >= 4 is 16.6 Å². The van der Waals surface area contributed by atoms with Gasteiger partial charge in [0.15, 0.2) is 5.60 Å². The van der Waals surface area contributed by atoms with E-state index < -0.39 is 47.1 Å². The van der Waals surface area contributed by atoms with Gasteiger partial charge in [-0.05, 0) is 41.2 Å². The zero-order valence-corrected chi connectivity index (χ0v) is 19.0. The van der Waals surface area contributed by atoms with E-state index in [1.165, 1.54) is 18.2 Å². The van der Waals surface area contributed by atoms with E-state index in [2.05, 4.69) is 10.3 Å². The van der Waals surface area contributed by atoms with Crippen LogP contribution < -0.4 is 15.6 Å². The van der Waals surface area contributed by atoms with E-state index in [0.717, 1.165) is 17.7 Å². The first-order valence-electron chi connectivity index (χ1n) is 11.1.